The van der Waals surface area contributed by atoms with Crippen molar-refractivity contribution in [3.63, 3.8) is 0 Å². The number of benzene rings is 1. The molecule has 2 amide bonds. The molecule has 0 spiro atoms. The van der Waals surface area contributed by atoms with Gasteiger partial charge in [0, 0.05) is 12.2 Å². The number of nitrogens with zero attached hydrogens (tertiary/aromatic N) is 3. The fourth-order valence-electron chi connectivity index (χ4n) is 3.07. The summed E-state index contributed by atoms with van der Waals surface area (Å²) in [6.07, 6.45) is 7.05. The van der Waals surface area contributed by atoms with E-state index >= 15 is 0 Å². The first-order valence-electron chi connectivity index (χ1n) is 8.21. The third-order valence-corrected chi connectivity index (χ3v) is 4.56. The molecule has 1 aliphatic carbocycles. The second-order valence-corrected chi connectivity index (χ2v) is 6.66. The van der Waals surface area contributed by atoms with Crippen LogP contribution in [0.25, 0.3) is 5.69 Å². The number of aromatic nitrogens is 3. The van der Waals surface area contributed by atoms with Crippen LogP contribution in [-0.4, -0.2) is 33.1 Å². The first kappa shape index (κ1) is 17.1. The van der Waals surface area contributed by atoms with E-state index < -0.39 is 17.6 Å². The third-order valence-electron chi connectivity index (χ3n) is 4.56. The summed E-state index contributed by atoms with van der Waals surface area (Å²) < 4.78 is 15.4. The van der Waals surface area contributed by atoms with Gasteiger partial charge in [-0.3, -0.25) is 9.59 Å². The molecule has 132 valence electrons. The minimum absolute atomic E-state index is 0.0570. The maximum absolute atomic E-state index is 14.1. The Morgan fingerprint density at radius 2 is 2.04 bits per heavy atom. The number of amides is 2. The van der Waals surface area contributed by atoms with E-state index in [0.29, 0.717) is 6.54 Å². The summed E-state index contributed by atoms with van der Waals surface area (Å²) in [6.45, 7) is 2.58. The fourth-order valence-corrected chi connectivity index (χ4v) is 3.07. The highest BCUT2D eigenvalue weighted by Gasteiger charge is 2.29. The summed E-state index contributed by atoms with van der Waals surface area (Å²) in [7, 11) is 0. The third kappa shape index (κ3) is 4.01. The van der Waals surface area contributed by atoms with E-state index in [-0.39, 0.29) is 16.8 Å². The zero-order valence-corrected chi connectivity index (χ0v) is 14.0. The van der Waals surface area contributed by atoms with Gasteiger partial charge in [-0.2, -0.15) is 5.10 Å². The van der Waals surface area contributed by atoms with Crippen molar-refractivity contribution in [3.8, 4) is 5.69 Å². The van der Waals surface area contributed by atoms with Crippen molar-refractivity contribution in [1.82, 2.24) is 20.1 Å². The molecule has 1 aliphatic rings. The molecule has 0 aliphatic heterocycles. The lowest BCUT2D eigenvalue weighted by Gasteiger charge is -2.23. The smallest absolute Gasteiger partial charge is 0.313 e. The number of nitrogens with one attached hydrogen (secondary N) is 2. The molecule has 7 nitrogen and oxygen atoms in total. The van der Waals surface area contributed by atoms with Gasteiger partial charge in [0.1, 0.15) is 18.3 Å². The van der Waals surface area contributed by atoms with Crippen molar-refractivity contribution in [2.24, 2.45) is 5.41 Å². The quantitative estimate of drug-likeness (QED) is 0.830. The Labute approximate surface area is 144 Å². The highest BCUT2D eigenvalue weighted by atomic mass is 19.1. The Morgan fingerprint density at radius 3 is 2.68 bits per heavy atom. The van der Waals surface area contributed by atoms with Crippen molar-refractivity contribution in [2.45, 2.75) is 32.6 Å². The van der Waals surface area contributed by atoms with Gasteiger partial charge in [0.15, 0.2) is 5.82 Å². The maximum Gasteiger partial charge on any atom is 0.313 e. The second kappa shape index (κ2) is 7.00. The van der Waals surface area contributed by atoms with Gasteiger partial charge >= 0.3 is 11.8 Å². The fraction of sp³-hybridized carbons (Fsp3) is 0.412. The van der Waals surface area contributed by atoms with Gasteiger partial charge in [0.2, 0.25) is 0 Å². The van der Waals surface area contributed by atoms with E-state index in [1.165, 1.54) is 29.5 Å². The van der Waals surface area contributed by atoms with Crippen LogP contribution >= 0.6 is 0 Å². The molecule has 25 heavy (non-hydrogen) atoms. The molecule has 0 bridgehead atoms. The Morgan fingerprint density at radius 1 is 1.28 bits per heavy atom. The first-order valence-corrected chi connectivity index (χ1v) is 8.21. The van der Waals surface area contributed by atoms with Gasteiger partial charge in [-0.1, -0.05) is 19.8 Å². The van der Waals surface area contributed by atoms with Gasteiger partial charge in [-0.25, -0.2) is 14.1 Å². The average molecular weight is 345 g/mol. The molecule has 0 unspecified atom stereocenters. The number of hydrogen-bond acceptors (Lipinski definition) is 4. The standard InChI is InChI=1S/C17H20FN5O2/c1-17(6-2-3-7-17)9-20-15(24)16(25)22-12-4-5-14(13(18)8-12)23-11-19-10-21-23/h4-5,8,10-11H,2-3,6-7,9H2,1H3,(H,20,24)(H,22,25). The highest BCUT2D eigenvalue weighted by molar-refractivity contribution is 6.39. The summed E-state index contributed by atoms with van der Waals surface area (Å²) >= 11 is 0. The summed E-state index contributed by atoms with van der Waals surface area (Å²) in [5.41, 5.74) is 0.462. The molecule has 1 fully saturated rings. The van der Waals surface area contributed by atoms with Gasteiger partial charge < -0.3 is 10.6 Å². The lowest BCUT2D eigenvalue weighted by molar-refractivity contribution is -0.136. The first-order chi connectivity index (χ1) is 12.0. The van der Waals surface area contributed by atoms with Crippen molar-refractivity contribution >= 4 is 17.5 Å². The van der Waals surface area contributed by atoms with Crippen LogP contribution in [0.4, 0.5) is 10.1 Å². The maximum atomic E-state index is 14.1. The molecule has 2 aromatic rings. The van der Waals surface area contributed by atoms with Crippen LogP contribution in [0, 0.1) is 11.2 Å². The number of rotatable bonds is 4. The predicted octanol–water partition coefficient (Wildman–Crippen LogP) is 2.04. The van der Waals surface area contributed by atoms with Crippen molar-refractivity contribution in [1.29, 1.82) is 0 Å². The van der Waals surface area contributed by atoms with E-state index in [0.717, 1.165) is 31.7 Å². The molecule has 1 heterocycles. The van der Waals surface area contributed by atoms with Crippen molar-refractivity contribution < 1.29 is 14.0 Å². The van der Waals surface area contributed by atoms with E-state index in [4.69, 9.17) is 0 Å². The number of anilines is 1. The SMILES string of the molecule is CC1(CNC(=O)C(=O)Nc2ccc(-n3cncn3)c(F)c2)CCCC1. The molecule has 0 atom stereocenters. The molecule has 1 saturated carbocycles. The molecule has 3 rings (SSSR count). The highest BCUT2D eigenvalue weighted by Crippen LogP contribution is 2.36. The molecular formula is C17H20FN5O2. The molecule has 1 aromatic heterocycles. The summed E-state index contributed by atoms with van der Waals surface area (Å²) in [5, 5.41) is 8.92. The molecule has 0 saturated heterocycles. The molecule has 0 radical (unpaired) electrons. The second-order valence-electron chi connectivity index (χ2n) is 6.66. The zero-order valence-electron chi connectivity index (χ0n) is 14.0. The van der Waals surface area contributed by atoms with Crippen LogP contribution in [0.5, 0.6) is 0 Å². The Balaban J connectivity index is 1.59. The van der Waals surface area contributed by atoms with E-state index in [1.54, 1.807) is 0 Å². The Hall–Kier alpha value is -2.77. The lowest BCUT2D eigenvalue weighted by atomic mass is 9.89. The van der Waals surface area contributed by atoms with Crippen LogP contribution in [0.1, 0.15) is 32.6 Å². The van der Waals surface area contributed by atoms with Crippen LogP contribution < -0.4 is 10.6 Å². The van der Waals surface area contributed by atoms with E-state index in [2.05, 4.69) is 27.6 Å². The van der Waals surface area contributed by atoms with E-state index in [9.17, 15) is 14.0 Å². The minimum atomic E-state index is -0.811. The Kier molecular flexibility index (Phi) is 4.78. The summed E-state index contributed by atoms with van der Waals surface area (Å²) in [6, 6.07) is 4.10. The van der Waals surface area contributed by atoms with Crippen LogP contribution in [-0.2, 0) is 9.59 Å². The number of carbonyl (C=O) groups is 2. The average Bonchev–Trinajstić information content (AvgIpc) is 3.25. The number of hydrogen-bond donors (Lipinski definition) is 2. The van der Waals surface area contributed by atoms with E-state index in [1.807, 2.05) is 0 Å². The molecule has 8 heteroatoms. The number of halogens is 1. The topological polar surface area (TPSA) is 88.9 Å². The Bertz CT molecular complexity index is 769. The molecule has 1 aromatic carbocycles. The summed E-state index contributed by atoms with van der Waals surface area (Å²) in [4.78, 5) is 27.7. The number of carbonyl (C=O) groups excluding carboxylic acids is 2. The lowest BCUT2D eigenvalue weighted by Crippen LogP contribution is -2.40. The van der Waals surface area contributed by atoms with Gasteiger partial charge in [0.25, 0.3) is 0 Å². The van der Waals surface area contributed by atoms with Gasteiger partial charge in [0.05, 0.1) is 0 Å². The van der Waals surface area contributed by atoms with Crippen LogP contribution in [0.2, 0.25) is 0 Å². The van der Waals surface area contributed by atoms with Crippen LogP contribution in [0.15, 0.2) is 30.9 Å². The summed E-state index contributed by atoms with van der Waals surface area (Å²) in [5.74, 6) is -2.11. The van der Waals surface area contributed by atoms with Crippen molar-refractivity contribution in [2.75, 3.05) is 11.9 Å². The normalized spacial score (nSPS) is 15.8. The minimum Gasteiger partial charge on any atom is -0.347 e. The van der Waals surface area contributed by atoms with Gasteiger partial charge in [-0.05, 0) is 36.5 Å². The molecule has 2 N–H and O–H groups in total. The zero-order chi connectivity index (χ0) is 17.9. The van der Waals surface area contributed by atoms with Gasteiger partial charge in [-0.15, -0.1) is 0 Å². The predicted molar refractivity (Wildman–Crippen MR) is 89.5 cm³/mol. The largest absolute Gasteiger partial charge is 0.347 e. The monoisotopic (exact) mass is 345 g/mol. The van der Waals surface area contributed by atoms with Crippen LogP contribution in [0.3, 0.4) is 0 Å². The van der Waals surface area contributed by atoms with Crippen molar-refractivity contribution in [3.05, 3.63) is 36.7 Å². The molecular weight excluding hydrogens is 325 g/mol.